The van der Waals surface area contributed by atoms with Gasteiger partial charge >= 0.3 is 0 Å². The van der Waals surface area contributed by atoms with Crippen molar-refractivity contribution in [1.82, 2.24) is 0 Å². The van der Waals surface area contributed by atoms with Crippen LogP contribution in [0.4, 0.5) is 0 Å². The molecule has 204 valence electrons. The van der Waals surface area contributed by atoms with Crippen molar-refractivity contribution < 1.29 is 0 Å². The molecule has 1 rings (SSSR count). The predicted octanol–water partition coefficient (Wildman–Crippen LogP) is 11.8. The fourth-order valence-corrected chi connectivity index (χ4v) is 6.34. The van der Waals surface area contributed by atoms with E-state index in [4.69, 9.17) is 4.99 Å². The summed E-state index contributed by atoms with van der Waals surface area (Å²) >= 11 is 0. The first kappa shape index (κ1) is 32.2. The molecule has 0 amide bonds. The van der Waals surface area contributed by atoms with Crippen LogP contribution in [0.5, 0.6) is 0 Å². The zero-order valence-corrected chi connectivity index (χ0v) is 24.9. The Labute approximate surface area is 221 Å². The van der Waals surface area contributed by atoms with Crippen LogP contribution in [0.25, 0.3) is 0 Å². The molecule has 0 aromatic heterocycles. The van der Waals surface area contributed by atoms with Crippen LogP contribution in [0, 0.1) is 11.8 Å². The van der Waals surface area contributed by atoms with Crippen molar-refractivity contribution in [2.24, 2.45) is 16.8 Å². The summed E-state index contributed by atoms with van der Waals surface area (Å²) in [5.41, 5.74) is 5.05. The maximum atomic E-state index is 4.96. The normalized spacial score (nSPS) is 19.3. The molecule has 3 atom stereocenters. The Morgan fingerprint density at radius 2 is 1.54 bits per heavy atom. The van der Waals surface area contributed by atoms with Crippen molar-refractivity contribution in [1.29, 1.82) is 0 Å². The molecule has 0 aliphatic heterocycles. The fraction of sp³-hybridized carbons (Fsp3) is 0.853. The monoisotopic (exact) mass is 485 g/mol. The van der Waals surface area contributed by atoms with Gasteiger partial charge in [-0.25, -0.2) is 0 Å². The second-order valence-electron chi connectivity index (χ2n) is 11.9. The molecule has 0 saturated carbocycles. The van der Waals surface area contributed by atoms with E-state index < -0.39 is 0 Å². The van der Waals surface area contributed by atoms with Crippen LogP contribution in [0.1, 0.15) is 169 Å². The van der Waals surface area contributed by atoms with Gasteiger partial charge in [0.05, 0.1) is 5.54 Å². The SMILES string of the molecule is C=NC(CCCCCC(=C)CCCCCC)(CC1CCCCC(CCCCCC)=C1C)C(C)CC. The number of unbranched alkanes of at least 4 members (excludes halogenated alkanes) is 8. The Hall–Kier alpha value is -0.850. The number of aliphatic imine (C=N–C) groups is 1. The van der Waals surface area contributed by atoms with Crippen LogP contribution >= 0.6 is 0 Å². The fourth-order valence-electron chi connectivity index (χ4n) is 6.34. The molecule has 0 spiro atoms. The van der Waals surface area contributed by atoms with E-state index in [1.54, 1.807) is 11.1 Å². The molecule has 0 radical (unpaired) electrons. The molecular weight excluding hydrogens is 422 g/mol. The Bertz CT molecular complexity index is 600. The number of hydrogen-bond donors (Lipinski definition) is 0. The molecule has 0 heterocycles. The smallest absolute Gasteiger partial charge is 0.0632 e. The number of hydrogen-bond acceptors (Lipinski definition) is 1. The van der Waals surface area contributed by atoms with E-state index in [9.17, 15) is 0 Å². The molecule has 3 unspecified atom stereocenters. The van der Waals surface area contributed by atoms with E-state index in [0.717, 1.165) is 0 Å². The van der Waals surface area contributed by atoms with Crippen molar-refractivity contribution in [2.75, 3.05) is 0 Å². The topological polar surface area (TPSA) is 12.4 Å². The minimum atomic E-state index is 0.0511. The van der Waals surface area contributed by atoms with E-state index in [1.807, 2.05) is 0 Å². The summed E-state index contributed by atoms with van der Waals surface area (Å²) in [7, 11) is 0. The minimum Gasteiger partial charge on any atom is -0.294 e. The van der Waals surface area contributed by atoms with Crippen molar-refractivity contribution >= 4 is 6.72 Å². The van der Waals surface area contributed by atoms with Gasteiger partial charge in [-0.2, -0.15) is 0 Å². The van der Waals surface area contributed by atoms with Crippen LogP contribution in [-0.4, -0.2) is 12.3 Å². The molecule has 0 fully saturated rings. The molecule has 0 N–H and O–H groups in total. The van der Waals surface area contributed by atoms with Gasteiger partial charge in [0, 0.05) is 0 Å². The van der Waals surface area contributed by atoms with Crippen molar-refractivity contribution in [3.63, 3.8) is 0 Å². The summed E-state index contributed by atoms with van der Waals surface area (Å²) in [5, 5.41) is 0. The lowest BCUT2D eigenvalue weighted by molar-refractivity contribution is 0.211. The van der Waals surface area contributed by atoms with E-state index in [0.29, 0.717) is 11.8 Å². The Kier molecular flexibility index (Phi) is 17.7. The molecule has 1 heteroatoms. The van der Waals surface area contributed by atoms with E-state index in [1.165, 1.54) is 140 Å². The van der Waals surface area contributed by atoms with Crippen LogP contribution in [0.15, 0.2) is 28.3 Å². The Morgan fingerprint density at radius 1 is 0.914 bits per heavy atom. The van der Waals surface area contributed by atoms with Crippen LogP contribution in [0.3, 0.4) is 0 Å². The molecule has 0 saturated heterocycles. The largest absolute Gasteiger partial charge is 0.294 e. The summed E-state index contributed by atoms with van der Waals surface area (Å²) in [5.74, 6) is 1.32. The van der Waals surface area contributed by atoms with Gasteiger partial charge in [0.1, 0.15) is 0 Å². The summed E-state index contributed by atoms with van der Waals surface area (Å²) < 4.78 is 0. The van der Waals surface area contributed by atoms with Gasteiger partial charge in [0.2, 0.25) is 0 Å². The highest BCUT2D eigenvalue weighted by molar-refractivity contribution is 5.27. The summed E-state index contributed by atoms with van der Waals surface area (Å²) in [6.07, 6.45) is 27.7. The third kappa shape index (κ3) is 12.3. The van der Waals surface area contributed by atoms with Crippen molar-refractivity contribution in [3.8, 4) is 0 Å². The lowest BCUT2D eigenvalue weighted by Crippen LogP contribution is -2.37. The Balaban J connectivity index is 2.69. The average Bonchev–Trinajstić information content (AvgIpc) is 3.03. The maximum Gasteiger partial charge on any atom is 0.0632 e. The minimum absolute atomic E-state index is 0.0511. The van der Waals surface area contributed by atoms with Crippen LogP contribution < -0.4 is 0 Å². The lowest BCUT2D eigenvalue weighted by atomic mass is 9.71. The standard InChI is InChI=1S/C34H63N/c1-8-11-13-16-22-29(4)23-17-15-21-27-34(35-7,30(5)10-3)28-33-26-20-19-25-32(31(33)6)24-18-14-12-9-2/h30,33H,4,7-28H2,1-3,5-6H3. The Morgan fingerprint density at radius 3 is 2.14 bits per heavy atom. The summed E-state index contributed by atoms with van der Waals surface area (Å²) in [4.78, 5) is 4.96. The summed E-state index contributed by atoms with van der Waals surface area (Å²) in [6, 6.07) is 0. The van der Waals surface area contributed by atoms with E-state index >= 15 is 0 Å². The van der Waals surface area contributed by atoms with Gasteiger partial charge in [0.15, 0.2) is 0 Å². The van der Waals surface area contributed by atoms with Crippen LogP contribution in [-0.2, 0) is 0 Å². The predicted molar refractivity (Wildman–Crippen MR) is 161 cm³/mol. The highest BCUT2D eigenvalue weighted by Gasteiger charge is 2.37. The van der Waals surface area contributed by atoms with Crippen molar-refractivity contribution in [2.45, 2.75) is 175 Å². The van der Waals surface area contributed by atoms with E-state index in [-0.39, 0.29) is 5.54 Å². The quantitative estimate of drug-likeness (QED) is 0.0870. The molecule has 1 nitrogen and oxygen atoms in total. The molecule has 0 aromatic rings. The van der Waals surface area contributed by atoms with Crippen LogP contribution in [0.2, 0.25) is 0 Å². The zero-order valence-electron chi connectivity index (χ0n) is 24.9. The molecule has 1 aliphatic rings. The first-order valence-electron chi connectivity index (χ1n) is 15.8. The second kappa shape index (κ2) is 19.3. The summed E-state index contributed by atoms with van der Waals surface area (Å²) in [6.45, 7) is 20.4. The maximum absolute atomic E-state index is 4.96. The van der Waals surface area contributed by atoms with Gasteiger partial charge in [-0.05, 0) is 96.1 Å². The molecule has 0 aromatic carbocycles. The van der Waals surface area contributed by atoms with Gasteiger partial charge in [-0.3, -0.25) is 4.99 Å². The molecular formula is C34H63N. The molecule has 0 bridgehead atoms. The number of rotatable bonds is 21. The second-order valence-corrected chi connectivity index (χ2v) is 11.9. The third-order valence-electron chi connectivity index (χ3n) is 9.25. The third-order valence-corrected chi connectivity index (χ3v) is 9.25. The van der Waals surface area contributed by atoms with Gasteiger partial charge in [-0.1, -0.05) is 115 Å². The highest BCUT2D eigenvalue weighted by atomic mass is 14.9. The van der Waals surface area contributed by atoms with E-state index in [2.05, 4.69) is 47.9 Å². The first-order chi connectivity index (χ1) is 16.9. The first-order valence-corrected chi connectivity index (χ1v) is 15.8. The average molecular weight is 486 g/mol. The highest BCUT2D eigenvalue weighted by Crippen LogP contribution is 2.42. The number of nitrogens with zero attached hydrogens (tertiary/aromatic N) is 1. The van der Waals surface area contributed by atoms with Crippen molar-refractivity contribution in [3.05, 3.63) is 23.3 Å². The zero-order chi connectivity index (χ0) is 25.9. The molecule has 1 aliphatic carbocycles. The van der Waals surface area contributed by atoms with Gasteiger partial charge < -0.3 is 0 Å². The lowest BCUT2D eigenvalue weighted by Gasteiger charge is -2.39. The number of allylic oxidation sites excluding steroid dienone is 3. The van der Waals surface area contributed by atoms with Gasteiger partial charge in [0.25, 0.3) is 0 Å². The van der Waals surface area contributed by atoms with Gasteiger partial charge in [-0.15, -0.1) is 0 Å². The molecule has 35 heavy (non-hydrogen) atoms.